The van der Waals surface area contributed by atoms with E-state index in [1.54, 1.807) is 0 Å². The first-order chi connectivity index (χ1) is 11.9. The third-order valence-electron chi connectivity index (χ3n) is 5.82. The molecule has 4 N–H and O–H groups in total. The van der Waals surface area contributed by atoms with Crippen molar-refractivity contribution in [1.29, 1.82) is 0 Å². The molecule has 2 atom stereocenters. The Morgan fingerprint density at radius 2 is 2.16 bits per heavy atom. The van der Waals surface area contributed by atoms with Gasteiger partial charge in [-0.15, -0.1) is 0 Å². The smallest absolute Gasteiger partial charge is 0.240 e. The maximum Gasteiger partial charge on any atom is 0.240 e. The zero-order valence-electron chi connectivity index (χ0n) is 15.4. The molecule has 0 spiro atoms. The molecule has 2 aromatic rings. The van der Waals surface area contributed by atoms with Crippen LogP contribution >= 0.6 is 0 Å². The molecule has 5 nitrogen and oxygen atoms in total. The van der Waals surface area contributed by atoms with Gasteiger partial charge in [0.25, 0.3) is 0 Å². The number of hydrogen-bond donors (Lipinski definition) is 3. The van der Waals surface area contributed by atoms with Crippen molar-refractivity contribution in [1.82, 2.24) is 10.3 Å². The number of carbonyl (C=O) groups is 1. The summed E-state index contributed by atoms with van der Waals surface area (Å²) < 4.78 is 5.69. The highest BCUT2D eigenvalue weighted by molar-refractivity contribution is 5.88. The topological polar surface area (TPSA) is 80.1 Å². The van der Waals surface area contributed by atoms with Crippen molar-refractivity contribution < 1.29 is 9.53 Å². The molecule has 25 heavy (non-hydrogen) atoms. The summed E-state index contributed by atoms with van der Waals surface area (Å²) in [5.41, 5.74) is 7.65. The molecule has 0 aliphatic heterocycles. The number of nitrogens with two attached hydrogens (primary N) is 1. The Kier molecular flexibility index (Phi) is 4.89. The second kappa shape index (κ2) is 6.81. The van der Waals surface area contributed by atoms with Gasteiger partial charge < -0.3 is 20.8 Å². The Morgan fingerprint density at radius 1 is 1.40 bits per heavy atom. The summed E-state index contributed by atoms with van der Waals surface area (Å²) >= 11 is 0. The second-order valence-electron chi connectivity index (χ2n) is 7.56. The van der Waals surface area contributed by atoms with Crippen molar-refractivity contribution in [3.8, 4) is 0 Å². The van der Waals surface area contributed by atoms with Gasteiger partial charge in [0.05, 0.1) is 6.10 Å². The second-order valence-corrected chi connectivity index (χ2v) is 7.56. The molecule has 1 aromatic heterocycles. The Hall–Kier alpha value is -1.85. The lowest BCUT2D eigenvalue weighted by Crippen LogP contribution is -2.75. The molecule has 0 bridgehead atoms. The number of aryl methyl sites for hydroxylation is 1. The molecule has 1 amide bonds. The minimum atomic E-state index is -0.840. The van der Waals surface area contributed by atoms with Crippen LogP contribution < -0.4 is 11.1 Å². The molecule has 0 radical (unpaired) electrons. The van der Waals surface area contributed by atoms with Gasteiger partial charge >= 0.3 is 0 Å². The van der Waals surface area contributed by atoms with E-state index in [-0.39, 0.29) is 17.4 Å². The van der Waals surface area contributed by atoms with Crippen LogP contribution in [-0.2, 0) is 16.0 Å². The van der Waals surface area contributed by atoms with Gasteiger partial charge in [-0.3, -0.25) is 4.79 Å². The standard InChI is InChI=1S/C20H29N3O2/c1-4-25-17-12-20(21,19(17,2)3)18(24)22-11-7-8-14-13-23-16-10-6-5-9-15(14)16/h5-6,9-10,13,17,23H,4,7-8,11-12,21H2,1-3H3,(H,22,24). The van der Waals surface area contributed by atoms with Crippen molar-refractivity contribution >= 4 is 16.8 Å². The third kappa shape index (κ3) is 3.07. The lowest BCUT2D eigenvalue weighted by atomic mass is 9.54. The average molecular weight is 343 g/mol. The van der Waals surface area contributed by atoms with E-state index in [0.29, 0.717) is 19.6 Å². The highest BCUT2D eigenvalue weighted by atomic mass is 16.5. The Morgan fingerprint density at radius 3 is 2.88 bits per heavy atom. The van der Waals surface area contributed by atoms with Gasteiger partial charge in [0.1, 0.15) is 5.54 Å². The number of fused-ring (bicyclic) bond motifs is 1. The van der Waals surface area contributed by atoms with Crippen LogP contribution in [0.25, 0.3) is 10.9 Å². The first kappa shape index (κ1) is 18.0. The molecular formula is C20H29N3O2. The first-order valence-electron chi connectivity index (χ1n) is 9.14. The fourth-order valence-corrected chi connectivity index (χ4v) is 3.80. The van der Waals surface area contributed by atoms with E-state index >= 15 is 0 Å². The van der Waals surface area contributed by atoms with Crippen LogP contribution in [0.1, 0.15) is 39.2 Å². The number of carbonyl (C=O) groups excluding carboxylic acids is 1. The van der Waals surface area contributed by atoms with E-state index in [1.807, 2.05) is 32.9 Å². The quantitative estimate of drug-likeness (QED) is 0.676. The van der Waals surface area contributed by atoms with Gasteiger partial charge in [-0.2, -0.15) is 0 Å². The highest BCUT2D eigenvalue weighted by Crippen LogP contribution is 2.49. The zero-order valence-corrected chi connectivity index (χ0v) is 15.4. The minimum Gasteiger partial charge on any atom is -0.378 e. The van der Waals surface area contributed by atoms with Crippen molar-refractivity contribution in [2.24, 2.45) is 11.1 Å². The number of ether oxygens (including phenoxy) is 1. The number of para-hydroxylation sites is 1. The van der Waals surface area contributed by atoms with E-state index in [1.165, 1.54) is 10.9 Å². The van der Waals surface area contributed by atoms with E-state index in [0.717, 1.165) is 18.4 Å². The van der Waals surface area contributed by atoms with Gasteiger partial charge in [0.2, 0.25) is 5.91 Å². The van der Waals surface area contributed by atoms with Gasteiger partial charge in [0.15, 0.2) is 0 Å². The van der Waals surface area contributed by atoms with Crippen LogP contribution in [0.4, 0.5) is 0 Å². The molecule has 0 saturated heterocycles. The molecule has 1 heterocycles. The fraction of sp³-hybridized carbons (Fsp3) is 0.550. The van der Waals surface area contributed by atoms with Crippen LogP contribution in [0.3, 0.4) is 0 Å². The van der Waals surface area contributed by atoms with Crippen molar-refractivity contribution in [3.63, 3.8) is 0 Å². The summed E-state index contributed by atoms with van der Waals surface area (Å²) in [6, 6.07) is 8.28. The summed E-state index contributed by atoms with van der Waals surface area (Å²) in [7, 11) is 0. The minimum absolute atomic E-state index is 0.0551. The number of aromatic amines is 1. The number of nitrogens with one attached hydrogen (secondary N) is 2. The summed E-state index contributed by atoms with van der Waals surface area (Å²) in [5, 5.41) is 4.28. The Labute approximate surface area is 149 Å². The molecule has 1 aliphatic rings. The number of amides is 1. The molecule has 136 valence electrons. The van der Waals surface area contributed by atoms with E-state index in [2.05, 4.69) is 28.6 Å². The zero-order chi connectivity index (χ0) is 18.1. The largest absolute Gasteiger partial charge is 0.378 e. The molecule has 1 saturated carbocycles. The molecule has 1 fully saturated rings. The maximum absolute atomic E-state index is 12.6. The molecule has 5 heteroatoms. The summed E-state index contributed by atoms with van der Waals surface area (Å²) in [6.45, 7) is 7.28. The summed E-state index contributed by atoms with van der Waals surface area (Å²) in [4.78, 5) is 15.9. The predicted molar refractivity (Wildman–Crippen MR) is 100 cm³/mol. The molecular weight excluding hydrogens is 314 g/mol. The van der Waals surface area contributed by atoms with Crippen LogP contribution in [0.15, 0.2) is 30.5 Å². The van der Waals surface area contributed by atoms with Crippen molar-refractivity contribution in [2.75, 3.05) is 13.2 Å². The van der Waals surface area contributed by atoms with Gasteiger partial charge in [-0.25, -0.2) is 0 Å². The number of H-pyrrole nitrogens is 1. The number of aromatic nitrogens is 1. The fourth-order valence-electron chi connectivity index (χ4n) is 3.80. The lowest BCUT2D eigenvalue weighted by Gasteiger charge is -2.57. The summed E-state index contributed by atoms with van der Waals surface area (Å²) in [6.07, 6.45) is 4.51. The first-order valence-corrected chi connectivity index (χ1v) is 9.14. The maximum atomic E-state index is 12.6. The van der Waals surface area contributed by atoms with Gasteiger partial charge in [-0.05, 0) is 31.4 Å². The molecule has 1 aliphatic carbocycles. The Balaban J connectivity index is 1.50. The average Bonchev–Trinajstić information content (AvgIpc) is 3.01. The van der Waals surface area contributed by atoms with Gasteiger partial charge in [0, 0.05) is 42.1 Å². The van der Waals surface area contributed by atoms with E-state index in [4.69, 9.17) is 10.5 Å². The lowest BCUT2D eigenvalue weighted by molar-refractivity contribution is -0.170. The van der Waals surface area contributed by atoms with Crippen LogP contribution in [-0.4, -0.2) is 35.7 Å². The van der Waals surface area contributed by atoms with Crippen molar-refractivity contribution in [3.05, 3.63) is 36.0 Å². The van der Waals surface area contributed by atoms with E-state index in [9.17, 15) is 4.79 Å². The number of rotatable bonds is 7. The van der Waals surface area contributed by atoms with E-state index < -0.39 is 5.54 Å². The van der Waals surface area contributed by atoms with Crippen LogP contribution in [0, 0.1) is 5.41 Å². The van der Waals surface area contributed by atoms with Gasteiger partial charge in [-0.1, -0.05) is 32.0 Å². The number of benzene rings is 1. The summed E-state index contributed by atoms with van der Waals surface area (Å²) in [5.74, 6) is -0.0626. The molecule has 2 unspecified atom stereocenters. The molecule has 1 aromatic carbocycles. The highest BCUT2D eigenvalue weighted by Gasteiger charge is 2.62. The number of hydrogen-bond acceptors (Lipinski definition) is 3. The van der Waals surface area contributed by atoms with Crippen LogP contribution in [0.2, 0.25) is 0 Å². The third-order valence-corrected chi connectivity index (χ3v) is 5.82. The van der Waals surface area contributed by atoms with Crippen molar-refractivity contribution in [2.45, 2.75) is 51.7 Å². The monoisotopic (exact) mass is 343 g/mol. The molecule has 3 rings (SSSR count). The SMILES string of the molecule is CCOC1CC(N)(C(=O)NCCCc2c[nH]c3ccccc23)C1(C)C. The van der Waals surface area contributed by atoms with Crippen LogP contribution in [0.5, 0.6) is 0 Å². The predicted octanol–water partition coefficient (Wildman–Crippen LogP) is 2.75. The Bertz CT molecular complexity index is 752. The normalized spacial score (nSPS) is 24.9.